The number of hydrogen-bond acceptors (Lipinski definition) is 0. The van der Waals surface area contributed by atoms with Crippen molar-refractivity contribution in [2.75, 3.05) is 0 Å². The molecule has 0 aliphatic carbocycles. The molecule has 0 heterocycles. The molecule has 0 aromatic carbocycles. The Bertz CT molecular complexity index is 219. The summed E-state index contributed by atoms with van der Waals surface area (Å²) in [5.74, 6) is 0. The van der Waals surface area contributed by atoms with Crippen molar-refractivity contribution in [1.82, 2.24) is 0 Å². The molecule has 0 N–H and O–H groups in total. The van der Waals surface area contributed by atoms with Gasteiger partial charge in [0.15, 0.2) is 0 Å². The maximum Gasteiger partial charge on any atom is 0.268 e. The summed E-state index contributed by atoms with van der Waals surface area (Å²) in [6.45, 7) is 9.79. The lowest BCUT2D eigenvalue weighted by Crippen LogP contribution is -2.69. The highest BCUT2D eigenvalue weighted by Crippen LogP contribution is 2.69. The average Bonchev–Trinajstić information content (AvgIpc) is 1.67. The molecule has 0 radical (unpaired) electrons. The van der Waals surface area contributed by atoms with E-state index in [0.29, 0.717) is 3.91 Å². The lowest BCUT2D eigenvalue weighted by molar-refractivity contribution is 1.36. The normalized spacial score (nSPS) is 16.2. The second kappa shape index (κ2) is 6.09. The van der Waals surface area contributed by atoms with Gasteiger partial charge >= 0.3 is 0 Å². The third kappa shape index (κ3) is 3.94. The van der Waals surface area contributed by atoms with E-state index in [-0.39, 0.29) is 0 Å². The van der Waals surface area contributed by atoms with Crippen molar-refractivity contribution < 1.29 is 0 Å². The van der Waals surface area contributed by atoms with Gasteiger partial charge < -0.3 is 0 Å². The zero-order chi connectivity index (χ0) is 14.5. The Balaban J connectivity index is 6.37. The van der Waals surface area contributed by atoms with Gasteiger partial charge in [-0.1, -0.05) is 85.2 Å². The summed E-state index contributed by atoms with van der Waals surface area (Å²) >= 11 is 24.3. The largest absolute Gasteiger partial charge is 0.268 e. The van der Waals surface area contributed by atoms with Gasteiger partial charge in [0.2, 0.25) is 0 Å². The minimum atomic E-state index is -1.86. The number of halogens is 6. The Labute approximate surface area is 156 Å². The van der Waals surface area contributed by atoms with Crippen molar-refractivity contribution in [3.8, 4) is 0 Å². The maximum absolute atomic E-state index is 4.10. The number of rotatable bonds is 4. The van der Waals surface area contributed by atoms with Crippen molar-refractivity contribution in [2.45, 2.75) is 43.2 Å². The topological polar surface area (TPSA) is 0 Å². The van der Waals surface area contributed by atoms with E-state index in [0.717, 1.165) is 0 Å². The monoisotopic (exact) mass is 688 g/mol. The third-order valence-corrected chi connectivity index (χ3v) is 60.0. The molecule has 0 unspecified atom stereocenters. The first-order valence-corrected chi connectivity index (χ1v) is 29.7. The second-order valence-corrected chi connectivity index (χ2v) is 59.6. The van der Waals surface area contributed by atoms with Crippen LogP contribution in [0.4, 0.5) is 0 Å². The second-order valence-electron chi connectivity index (χ2n) is 5.67. The Kier molecular flexibility index (Phi) is 7.44. The van der Waals surface area contributed by atoms with Gasteiger partial charge in [0, 0.05) is 3.91 Å². The van der Waals surface area contributed by atoms with Gasteiger partial charge in [-0.15, -0.1) is 45.9 Å². The van der Waals surface area contributed by atoms with Crippen molar-refractivity contribution in [1.29, 1.82) is 0 Å². The molecule has 0 aliphatic heterocycles. The molecule has 104 valence electrons. The molecule has 0 aromatic heterocycles. The molecule has 0 saturated carbocycles. The maximum atomic E-state index is 4.10. The Morgan fingerprint density at radius 1 is 0.529 bits per heavy atom. The van der Waals surface area contributed by atoms with E-state index in [1.54, 1.807) is 0 Å². The van der Waals surface area contributed by atoms with Crippen molar-refractivity contribution >= 4 is 116 Å². The zero-order valence-electron chi connectivity index (χ0n) is 10.8. The van der Waals surface area contributed by atoms with Gasteiger partial charge in [-0.05, 0) is 0 Å². The molecule has 0 rings (SSSR count). The first-order valence-electron chi connectivity index (χ1n) is 5.13. The SMILES string of the molecule is C[Si](C)(Br)C([Si](C)(C)Br)([Si](C)(C)Br)[Si](Br)(Br)Br. The van der Waals surface area contributed by atoms with Gasteiger partial charge in [0.1, 0.15) is 20.1 Å². The highest BCUT2D eigenvalue weighted by molar-refractivity contribution is 9.72. The number of hydrogen-bond donors (Lipinski definition) is 0. The van der Waals surface area contributed by atoms with E-state index < -0.39 is 24.0 Å². The van der Waals surface area contributed by atoms with Gasteiger partial charge in [-0.25, -0.2) is 0 Å². The quantitative estimate of drug-likeness (QED) is 0.215. The summed E-state index contributed by atoms with van der Waals surface area (Å²) in [4.78, 5) is 0. The van der Waals surface area contributed by atoms with E-state index >= 15 is 0 Å². The molecular weight excluding hydrogens is 676 g/mol. The standard InChI is InChI=1S/C7H18Br6Si4/c1-14(2,8)7(15(3,4)9,16(5,6)10)17(11,12)13/h1-6H3. The van der Waals surface area contributed by atoms with E-state index in [1.165, 1.54) is 0 Å². The minimum absolute atomic E-state index is 0.306. The van der Waals surface area contributed by atoms with Crippen molar-refractivity contribution in [3.05, 3.63) is 0 Å². The fourth-order valence-corrected chi connectivity index (χ4v) is 132. The van der Waals surface area contributed by atoms with Crippen LogP contribution in [0.25, 0.3) is 0 Å². The van der Waals surface area contributed by atoms with Crippen molar-refractivity contribution in [3.63, 3.8) is 0 Å². The molecule has 0 aromatic rings. The molecule has 17 heavy (non-hydrogen) atoms. The summed E-state index contributed by atoms with van der Waals surface area (Å²) < 4.78 is -1.56. The first-order chi connectivity index (χ1) is 7.00. The zero-order valence-corrected chi connectivity index (χ0v) is 24.3. The van der Waals surface area contributed by atoms with Crippen LogP contribution in [0.2, 0.25) is 43.2 Å². The summed E-state index contributed by atoms with van der Waals surface area (Å²) in [6, 6.07) is 0. The lowest BCUT2D eigenvalue weighted by atomic mass is 11.7. The Morgan fingerprint density at radius 3 is 0.706 bits per heavy atom. The smallest absolute Gasteiger partial charge is 0.127 e. The predicted molar refractivity (Wildman–Crippen MR) is 114 cm³/mol. The van der Waals surface area contributed by atoms with Crippen LogP contribution < -0.4 is 0 Å². The minimum Gasteiger partial charge on any atom is -0.127 e. The third-order valence-electron chi connectivity index (χ3n) is 3.10. The van der Waals surface area contributed by atoms with Crippen LogP contribution in [-0.2, 0) is 0 Å². The summed E-state index contributed by atoms with van der Waals surface area (Å²) in [5, 5.41) is 0. The summed E-state index contributed by atoms with van der Waals surface area (Å²) in [5.41, 5.74) is 0. The fourth-order valence-electron chi connectivity index (χ4n) is 3.13. The molecule has 0 bridgehead atoms. The molecule has 0 atom stereocenters. The highest BCUT2D eigenvalue weighted by atomic mass is 80.0. The molecular formula is C7H18Br6Si4. The molecule has 0 nitrogen and oxygen atoms in total. The molecule has 0 saturated heterocycles. The van der Waals surface area contributed by atoms with E-state index in [4.69, 9.17) is 0 Å². The van der Waals surface area contributed by atoms with Crippen LogP contribution in [-0.4, -0.2) is 24.0 Å². The molecule has 10 heteroatoms. The van der Waals surface area contributed by atoms with Crippen LogP contribution in [0.5, 0.6) is 0 Å². The summed E-state index contributed by atoms with van der Waals surface area (Å²) in [6.07, 6.45) is 0. The van der Waals surface area contributed by atoms with E-state index in [1.807, 2.05) is 0 Å². The van der Waals surface area contributed by atoms with Gasteiger partial charge in [0.05, 0.1) is 0 Å². The van der Waals surface area contributed by atoms with Crippen LogP contribution in [0.3, 0.4) is 0 Å². The molecule has 0 amide bonds. The Hall–Kier alpha value is 3.75. The first kappa shape index (κ1) is 20.7. The van der Waals surface area contributed by atoms with Gasteiger partial charge in [0.25, 0.3) is 3.93 Å². The molecule has 0 spiro atoms. The predicted octanol–water partition coefficient (Wildman–Crippen LogP) is 7.27. The van der Waals surface area contributed by atoms with Crippen LogP contribution in [0.15, 0.2) is 0 Å². The van der Waals surface area contributed by atoms with Crippen molar-refractivity contribution in [2.24, 2.45) is 0 Å². The average molecular weight is 694 g/mol. The van der Waals surface area contributed by atoms with Crippen LogP contribution >= 0.6 is 91.8 Å². The van der Waals surface area contributed by atoms with E-state index in [2.05, 4.69) is 131 Å². The van der Waals surface area contributed by atoms with E-state index in [9.17, 15) is 0 Å². The Morgan fingerprint density at radius 2 is 0.706 bits per heavy atom. The lowest BCUT2D eigenvalue weighted by Gasteiger charge is -2.58. The summed E-state index contributed by atoms with van der Waals surface area (Å²) in [7, 11) is 0. The highest BCUT2D eigenvalue weighted by Gasteiger charge is 2.72. The molecule has 0 fully saturated rings. The van der Waals surface area contributed by atoms with Gasteiger partial charge in [-0.3, -0.25) is 0 Å². The van der Waals surface area contributed by atoms with Crippen LogP contribution in [0, 0.1) is 0 Å². The molecule has 0 aliphatic rings. The fraction of sp³-hybridized carbons (Fsp3) is 1.00. The van der Waals surface area contributed by atoms with Gasteiger partial charge in [-0.2, -0.15) is 0 Å². The van der Waals surface area contributed by atoms with Crippen LogP contribution in [0.1, 0.15) is 0 Å².